The molecule has 3 amide bonds. The van der Waals surface area contributed by atoms with E-state index in [0.29, 0.717) is 48.8 Å². The van der Waals surface area contributed by atoms with Crippen LogP contribution in [0.3, 0.4) is 0 Å². The van der Waals surface area contributed by atoms with Crippen LogP contribution in [0.5, 0.6) is 0 Å². The number of methoxy groups -OCH3 is 4. The fraction of sp³-hybridized carbons (Fsp3) is 0.757. The van der Waals surface area contributed by atoms with Crippen molar-refractivity contribution in [3.63, 3.8) is 0 Å². The van der Waals surface area contributed by atoms with Crippen molar-refractivity contribution < 1.29 is 96.0 Å². The molecule has 0 aromatic heterocycles. The molecule has 3 N–H and O–H groups in total. The molecule has 562 valence electrons. The number of nitrogens with zero attached hydrogens (tertiary/aromatic N) is 3. The maximum atomic E-state index is 12.6. The lowest BCUT2D eigenvalue weighted by Crippen LogP contribution is -2.41. The van der Waals surface area contributed by atoms with Crippen LogP contribution in [-0.2, 0) is 80.7 Å². The van der Waals surface area contributed by atoms with Gasteiger partial charge in [-0.15, -0.1) is 0 Å². The highest BCUT2D eigenvalue weighted by atomic mass is 32.2. The molecule has 3 rings (SSSR count). The van der Waals surface area contributed by atoms with Crippen molar-refractivity contribution >= 4 is 71.6 Å². The Balaban J connectivity index is -0.000000337. The topological polar surface area (TPSA) is 285 Å². The summed E-state index contributed by atoms with van der Waals surface area (Å²) in [6.45, 7) is 35.3. The Labute approximate surface area is 588 Å². The SMILES string of the molecule is CC.CCOC(=O)/C=C/[C@H](C)[C@H](CC)OC.CCOC(=O)CP(C)(=O)OCC.CC[C@H](O)[C@@H](C)C(=O)N(C)OC.CC[C@H](O)[C@@H](C)C(=O)N1C(=S)SC[C@@H]1c1ccccc1.CC[C@H](OC)[C@@H](C)/C=C/CO.CC[C@H](OC)[C@@H](C)C(=O)N(C)OC.CC[C@H](OC)[C@@H](C)[C@H]1O[C@@H]1C=O. The molecule has 26 heteroatoms. The van der Waals surface area contributed by atoms with Gasteiger partial charge in [0.05, 0.1) is 107 Å². The van der Waals surface area contributed by atoms with Gasteiger partial charge < -0.3 is 57.8 Å². The van der Waals surface area contributed by atoms with Crippen LogP contribution in [0.2, 0.25) is 0 Å². The zero-order chi connectivity index (χ0) is 75.3. The molecule has 0 bridgehead atoms. The summed E-state index contributed by atoms with van der Waals surface area (Å²) in [4.78, 5) is 78.8. The molecule has 2 heterocycles. The van der Waals surface area contributed by atoms with E-state index in [4.69, 9.17) is 59.9 Å². The van der Waals surface area contributed by atoms with Gasteiger partial charge in [0.15, 0.2) is 6.29 Å². The molecule has 2 aliphatic rings. The molecule has 0 saturated carbocycles. The minimum atomic E-state index is -2.75. The van der Waals surface area contributed by atoms with Crippen LogP contribution in [-0.4, -0.2) is 221 Å². The smallest absolute Gasteiger partial charge is 0.330 e. The predicted octanol–water partition coefficient (Wildman–Crippen LogP) is 11.8. The monoisotopic (exact) mass is 1430 g/mol. The standard InChI is InChI=1S/C15H19NO2S2.C11H20O3.C9H19NO3.C9H16O3.C9H18O2.C8H17NO3.C7H15O4P.C2H6/c1-3-13(17)10(2)14(18)16-12(9-20-15(16)19)11-7-5-4-6-8-11;1-5-10(13-4)9(3)7-8-11(12)14-6-2;1-6-8(12-4)7(2)9(11)10(3)13-5;1-4-7(11-3)6(2)9-8(5-10)12-9;1-4-9(11-3)8(2)6-5-7-10;1-5-7(10)6(2)8(11)9(3)12-4;1-4-10-7(8)6-12(3,9)11-5-2;1-2/h4-8,10,12-13,17H,3,9H2,1-2H3;7-10H,5-6H2,1-4H3;7-8H,6H2,1-5H3;5-9H,4H2,1-3H3;5-6,8-10H,4,7H2,1-3H3;6-7,10H,5H2,1-4H3;4-6H2,1-3H3;1-2H3/b;8-7+;;;6-5+;;;/t10-,12-,13+;9-,10-;7-,8+;6-,7+,8-,9-;8-,9-;6-,7+;;/m101101../s1. The third-order valence-corrected chi connectivity index (χ3v) is 18.6. The summed E-state index contributed by atoms with van der Waals surface area (Å²) in [5, 5.41) is 30.1. The average molecular weight is 1430 g/mol. The average Bonchev–Trinajstić information content (AvgIpc) is 1.66. The van der Waals surface area contributed by atoms with Crippen LogP contribution in [0.15, 0.2) is 54.6 Å². The summed E-state index contributed by atoms with van der Waals surface area (Å²) in [6, 6.07) is 9.90. The zero-order valence-electron chi connectivity index (χ0n) is 63.3. The Morgan fingerprint density at radius 3 is 1.50 bits per heavy atom. The van der Waals surface area contributed by atoms with E-state index in [9.17, 15) is 43.5 Å². The van der Waals surface area contributed by atoms with Gasteiger partial charge in [0.1, 0.15) is 16.6 Å². The first-order chi connectivity index (χ1) is 45.3. The summed E-state index contributed by atoms with van der Waals surface area (Å²) in [6.07, 6.45) is 12.0. The van der Waals surface area contributed by atoms with Gasteiger partial charge in [0.25, 0.3) is 11.8 Å². The van der Waals surface area contributed by atoms with E-state index in [0.717, 1.165) is 48.3 Å². The summed E-state index contributed by atoms with van der Waals surface area (Å²) in [7, 11) is 9.98. The molecule has 2 saturated heterocycles. The molecule has 0 spiro atoms. The second-order valence-corrected chi connectivity index (χ2v) is 26.4. The number of aldehydes is 1. The number of hydroxylamine groups is 4. The van der Waals surface area contributed by atoms with Gasteiger partial charge in [0, 0.05) is 78.8 Å². The Morgan fingerprint density at radius 1 is 0.667 bits per heavy atom. The number of rotatable bonds is 34. The fourth-order valence-corrected chi connectivity index (χ4v) is 11.9. The molecule has 0 radical (unpaired) electrons. The number of thiocarbonyl (C=S) groups is 1. The number of thioether (sulfide) groups is 1. The highest BCUT2D eigenvalue weighted by Crippen LogP contribution is 2.42. The molecule has 96 heavy (non-hydrogen) atoms. The van der Waals surface area contributed by atoms with Crippen LogP contribution in [0.4, 0.5) is 0 Å². The van der Waals surface area contributed by atoms with E-state index in [2.05, 4.69) is 39.4 Å². The molecular weight excluding hydrogens is 1300 g/mol. The molecule has 1 unspecified atom stereocenters. The Kier molecular flexibility index (Phi) is 63.8. The van der Waals surface area contributed by atoms with Crippen molar-refractivity contribution in [3.05, 3.63) is 60.2 Å². The predicted molar refractivity (Wildman–Crippen MR) is 387 cm³/mol. The minimum Gasteiger partial charge on any atom is -0.466 e. The number of aliphatic hydroxyl groups is 3. The molecule has 16 atom stereocenters. The zero-order valence-corrected chi connectivity index (χ0v) is 65.8. The van der Waals surface area contributed by atoms with Crippen molar-refractivity contribution in [1.82, 2.24) is 15.0 Å². The first-order valence-corrected chi connectivity index (χ1v) is 37.3. The number of carbonyl (C=O) groups is 6. The van der Waals surface area contributed by atoms with E-state index < -0.39 is 37.4 Å². The number of hydrogen-bond acceptors (Lipinski definition) is 22. The summed E-state index contributed by atoms with van der Waals surface area (Å²) < 4.78 is 52.4. The highest BCUT2D eigenvalue weighted by Gasteiger charge is 2.45. The van der Waals surface area contributed by atoms with E-state index in [1.54, 1.807) is 81.1 Å². The van der Waals surface area contributed by atoms with Crippen LogP contribution in [0.25, 0.3) is 0 Å². The van der Waals surface area contributed by atoms with Gasteiger partial charge in [-0.2, -0.15) is 0 Å². The number of carbonyl (C=O) groups excluding carboxylic acids is 6. The summed E-state index contributed by atoms with van der Waals surface area (Å²) >= 11 is 6.85. The highest BCUT2D eigenvalue weighted by molar-refractivity contribution is 8.23. The quantitative estimate of drug-likeness (QED) is 0.00844. The molecule has 2 aliphatic heterocycles. The van der Waals surface area contributed by atoms with Crippen molar-refractivity contribution in [3.8, 4) is 0 Å². The van der Waals surface area contributed by atoms with Crippen molar-refractivity contribution in [2.45, 2.75) is 211 Å². The van der Waals surface area contributed by atoms with Crippen LogP contribution >= 0.6 is 31.3 Å². The second-order valence-electron chi connectivity index (χ2n) is 22.2. The third kappa shape index (κ3) is 42.8. The van der Waals surface area contributed by atoms with Crippen molar-refractivity contribution in [2.24, 2.45) is 35.5 Å². The molecule has 2 fully saturated rings. The van der Waals surface area contributed by atoms with Crippen molar-refractivity contribution in [2.75, 3.05) is 102 Å². The molecule has 23 nitrogen and oxygen atoms in total. The van der Waals surface area contributed by atoms with E-state index in [1.807, 2.05) is 91.0 Å². The van der Waals surface area contributed by atoms with E-state index in [1.165, 1.54) is 50.8 Å². The maximum Gasteiger partial charge on any atom is 0.330 e. The first kappa shape index (κ1) is 101. The third-order valence-electron chi connectivity index (χ3n) is 15.5. The number of epoxide rings is 1. The second kappa shape index (κ2) is 60.9. The van der Waals surface area contributed by atoms with Gasteiger partial charge in [-0.05, 0) is 64.9 Å². The first-order valence-electron chi connectivity index (χ1n) is 33.6. The lowest BCUT2D eigenvalue weighted by atomic mass is 9.97. The van der Waals surface area contributed by atoms with Gasteiger partial charge in [-0.25, -0.2) is 14.9 Å². The Morgan fingerprint density at radius 2 is 1.11 bits per heavy atom. The summed E-state index contributed by atoms with van der Waals surface area (Å²) in [5.74, 6) is -0.373. The lowest BCUT2D eigenvalue weighted by molar-refractivity contribution is -0.177. The molecule has 0 aliphatic carbocycles. The maximum absolute atomic E-state index is 12.6. The number of benzene rings is 1. The van der Waals surface area contributed by atoms with Gasteiger partial charge >= 0.3 is 11.9 Å². The lowest BCUT2D eigenvalue weighted by Gasteiger charge is -2.28. The van der Waals surface area contributed by atoms with E-state index >= 15 is 0 Å². The molecule has 1 aromatic rings. The van der Waals surface area contributed by atoms with Crippen LogP contribution in [0.1, 0.15) is 168 Å². The van der Waals surface area contributed by atoms with Gasteiger partial charge in [-0.1, -0.05) is 169 Å². The molecular formula is C70H130N3O20PS2. The van der Waals surface area contributed by atoms with Gasteiger partial charge in [-0.3, -0.25) is 38.3 Å². The summed E-state index contributed by atoms with van der Waals surface area (Å²) in [5.41, 5.74) is 1.09. The fourth-order valence-electron chi connectivity index (χ4n) is 9.32. The van der Waals surface area contributed by atoms with E-state index in [-0.39, 0.29) is 91.0 Å². The normalized spacial score (nSPS) is 18.8. The van der Waals surface area contributed by atoms with Gasteiger partial charge in [0.2, 0.25) is 13.3 Å². The van der Waals surface area contributed by atoms with Crippen LogP contribution in [0, 0.1) is 35.5 Å². The molecule has 1 aromatic carbocycles. The largest absolute Gasteiger partial charge is 0.466 e. The van der Waals surface area contributed by atoms with Crippen molar-refractivity contribution in [1.29, 1.82) is 0 Å². The number of hydrogen-bond donors (Lipinski definition) is 3. The number of ether oxygens (including phenoxy) is 7. The minimum absolute atomic E-state index is 0.0206. The van der Waals surface area contributed by atoms with Crippen LogP contribution < -0.4 is 0 Å². The Hall–Kier alpha value is -4.05. The number of amides is 3. The Bertz CT molecular complexity index is 2280. The number of esters is 2. The number of aliphatic hydroxyl groups excluding tert-OH is 3.